The number of nitrogens with zero attached hydrogens (tertiary/aromatic N) is 1. The molecule has 1 atom stereocenters. The van der Waals surface area contributed by atoms with Gasteiger partial charge in [-0.25, -0.2) is 4.39 Å². The van der Waals surface area contributed by atoms with E-state index in [0.29, 0.717) is 31.0 Å². The number of benzene rings is 2. The molecule has 1 N–H and O–H groups in total. The molecule has 1 fully saturated rings. The van der Waals surface area contributed by atoms with Crippen molar-refractivity contribution in [2.24, 2.45) is 5.92 Å². The van der Waals surface area contributed by atoms with Crippen LogP contribution >= 0.6 is 0 Å². The van der Waals surface area contributed by atoms with Crippen LogP contribution in [0.4, 0.5) is 4.39 Å². The summed E-state index contributed by atoms with van der Waals surface area (Å²) in [5.41, 5.74) is 1.07. The summed E-state index contributed by atoms with van der Waals surface area (Å²) in [6, 6.07) is 13.5. The average molecular weight is 315 g/mol. The molecule has 120 valence electrons. The number of rotatable bonds is 5. The summed E-state index contributed by atoms with van der Waals surface area (Å²) in [6.45, 7) is 2.07. The number of carboxylic acids is 1. The van der Waals surface area contributed by atoms with E-state index in [0.717, 1.165) is 12.1 Å². The quantitative estimate of drug-likeness (QED) is 0.917. The third-order valence-electron chi connectivity index (χ3n) is 3.98. The van der Waals surface area contributed by atoms with Crippen LogP contribution in [0.1, 0.15) is 12.0 Å². The fourth-order valence-corrected chi connectivity index (χ4v) is 2.78. The molecule has 0 aromatic heterocycles. The Kier molecular flexibility index (Phi) is 4.57. The first kappa shape index (κ1) is 15.5. The monoisotopic (exact) mass is 315 g/mol. The Labute approximate surface area is 134 Å². The molecular weight excluding hydrogens is 297 g/mol. The molecule has 4 nitrogen and oxygen atoms in total. The normalized spacial score (nSPS) is 18.0. The Morgan fingerprint density at radius 1 is 1.22 bits per heavy atom. The van der Waals surface area contributed by atoms with E-state index in [1.165, 1.54) is 12.1 Å². The topological polar surface area (TPSA) is 49.8 Å². The lowest BCUT2D eigenvalue weighted by Gasteiger charge is -2.16. The van der Waals surface area contributed by atoms with Crippen LogP contribution in [-0.2, 0) is 11.3 Å². The fourth-order valence-electron chi connectivity index (χ4n) is 2.78. The van der Waals surface area contributed by atoms with E-state index in [2.05, 4.69) is 4.90 Å². The van der Waals surface area contributed by atoms with Gasteiger partial charge in [-0.15, -0.1) is 0 Å². The van der Waals surface area contributed by atoms with Crippen LogP contribution in [0.25, 0.3) is 0 Å². The van der Waals surface area contributed by atoms with Crippen LogP contribution in [0, 0.1) is 11.7 Å². The lowest BCUT2D eigenvalue weighted by Crippen LogP contribution is -2.22. The van der Waals surface area contributed by atoms with Crippen molar-refractivity contribution in [1.82, 2.24) is 4.90 Å². The van der Waals surface area contributed by atoms with Crippen molar-refractivity contribution in [2.75, 3.05) is 13.1 Å². The minimum atomic E-state index is -0.721. The van der Waals surface area contributed by atoms with E-state index in [9.17, 15) is 9.18 Å². The first-order valence-corrected chi connectivity index (χ1v) is 7.58. The number of hydrogen-bond donors (Lipinski definition) is 1. The molecule has 1 aliphatic heterocycles. The summed E-state index contributed by atoms with van der Waals surface area (Å²) < 4.78 is 18.6. The molecule has 0 aliphatic carbocycles. The molecule has 2 aromatic rings. The van der Waals surface area contributed by atoms with E-state index in [1.807, 2.05) is 24.3 Å². The molecule has 3 rings (SSSR count). The first-order valence-electron chi connectivity index (χ1n) is 7.58. The maximum atomic E-state index is 12.9. The standard InChI is InChI=1S/C18H18FNO3/c19-15-4-6-16(7-5-15)23-17-3-1-2-13(10-17)11-20-9-8-14(12-20)18(21)22/h1-7,10,14H,8-9,11-12H2,(H,21,22). The Balaban J connectivity index is 1.63. The van der Waals surface area contributed by atoms with Crippen molar-refractivity contribution < 1.29 is 19.0 Å². The molecule has 2 aromatic carbocycles. The van der Waals surface area contributed by atoms with Gasteiger partial charge in [-0.1, -0.05) is 12.1 Å². The van der Waals surface area contributed by atoms with E-state index < -0.39 is 5.97 Å². The van der Waals surface area contributed by atoms with Crippen LogP contribution in [0.15, 0.2) is 48.5 Å². The van der Waals surface area contributed by atoms with Crippen molar-refractivity contribution >= 4 is 5.97 Å². The zero-order valence-corrected chi connectivity index (χ0v) is 12.6. The Morgan fingerprint density at radius 2 is 2.00 bits per heavy atom. The lowest BCUT2D eigenvalue weighted by molar-refractivity contribution is -0.141. The van der Waals surface area contributed by atoms with Crippen LogP contribution in [0.5, 0.6) is 11.5 Å². The Bertz CT molecular complexity index is 687. The van der Waals surface area contributed by atoms with Gasteiger partial charge in [-0.2, -0.15) is 0 Å². The van der Waals surface area contributed by atoms with Crippen LogP contribution in [0.2, 0.25) is 0 Å². The molecule has 1 saturated heterocycles. The molecule has 0 saturated carbocycles. The fraction of sp³-hybridized carbons (Fsp3) is 0.278. The highest BCUT2D eigenvalue weighted by molar-refractivity contribution is 5.70. The maximum Gasteiger partial charge on any atom is 0.307 e. The van der Waals surface area contributed by atoms with Crippen molar-refractivity contribution in [2.45, 2.75) is 13.0 Å². The molecule has 1 aliphatic rings. The predicted octanol–water partition coefficient (Wildman–Crippen LogP) is 3.52. The third kappa shape index (κ3) is 4.07. The summed E-state index contributed by atoms with van der Waals surface area (Å²) in [5, 5.41) is 9.05. The van der Waals surface area contributed by atoms with Crippen molar-refractivity contribution in [3.05, 3.63) is 59.9 Å². The molecule has 5 heteroatoms. The largest absolute Gasteiger partial charge is 0.481 e. The molecule has 0 radical (unpaired) electrons. The minimum Gasteiger partial charge on any atom is -0.481 e. The van der Waals surface area contributed by atoms with Gasteiger partial charge in [0, 0.05) is 13.1 Å². The van der Waals surface area contributed by atoms with E-state index in [1.54, 1.807) is 12.1 Å². The van der Waals surface area contributed by atoms with Gasteiger partial charge in [0.25, 0.3) is 0 Å². The van der Waals surface area contributed by atoms with E-state index >= 15 is 0 Å². The number of hydrogen-bond acceptors (Lipinski definition) is 3. The van der Waals surface area contributed by atoms with E-state index in [-0.39, 0.29) is 11.7 Å². The highest BCUT2D eigenvalue weighted by Crippen LogP contribution is 2.24. The number of aliphatic carboxylic acids is 1. The average Bonchev–Trinajstić information content (AvgIpc) is 2.99. The molecule has 0 amide bonds. The van der Waals surface area contributed by atoms with Crippen LogP contribution in [0.3, 0.4) is 0 Å². The summed E-state index contributed by atoms with van der Waals surface area (Å²) in [5.74, 6) is -0.0265. The Hall–Kier alpha value is -2.40. The number of carboxylic acid groups (broad SMARTS) is 1. The van der Waals surface area contributed by atoms with Gasteiger partial charge in [0.1, 0.15) is 17.3 Å². The summed E-state index contributed by atoms with van der Waals surface area (Å²) >= 11 is 0. The number of halogens is 1. The number of carbonyl (C=O) groups is 1. The second-order valence-corrected chi connectivity index (χ2v) is 5.76. The molecule has 1 heterocycles. The van der Waals surface area contributed by atoms with Gasteiger partial charge in [0.05, 0.1) is 5.92 Å². The van der Waals surface area contributed by atoms with Crippen molar-refractivity contribution in [3.63, 3.8) is 0 Å². The van der Waals surface area contributed by atoms with Crippen molar-refractivity contribution in [1.29, 1.82) is 0 Å². The maximum absolute atomic E-state index is 12.9. The first-order chi connectivity index (χ1) is 11.1. The van der Waals surface area contributed by atoms with Gasteiger partial charge >= 0.3 is 5.97 Å². The molecular formula is C18H18FNO3. The zero-order valence-electron chi connectivity index (χ0n) is 12.6. The van der Waals surface area contributed by atoms with Crippen molar-refractivity contribution in [3.8, 4) is 11.5 Å². The van der Waals surface area contributed by atoms with Gasteiger partial charge in [-0.05, 0) is 54.9 Å². The minimum absolute atomic E-state index is 0.270. The summed E-state index contributed by atoms with van der Waals surface area (Å²) in [7, 11) is 0. The van der Waals surface area contributed by atoms with Crippen LogP contribution in [-0.4, -0.2) is 29.1 Å². The molecule has 1 unspecified atom stereocenters. The summed E-state index contributed by atoms with van der Waals surface area (Å²) in [4.78, 5) is 13.1. The summed E-state index contributed by atoms with van der Waals surface area (Å²) in [6.07, 6.45) is 0.696. The van der Waals surface area contributed by atoms with Gasteiger partial charge in [0.15, 0.2) is 0 Å². The smallest absolute Gasteiger partial charge is 0.307 e. The molecule has 23 heavy (non-hydrogen) atoms. The second kappa shape index (κ2) is 6.79. The van der Waals surface area contributed by atoms with Gasteiger partial charge in [0.2, 0.25) is 0 Å². The van der Waals surface area contributed by atoms with Gasteiger partial charge < -0.3 is 9.84 Å². The highest BCUT2D eigenvalue weighted by atomic mass is 19.1. The number of likely N-dealkylation sites (tertiary alicyclic amines) is 1. The third-order valence-corrected chi connectivity index (χ3v) is 3.98. The second-order valence-electron chi connectivity index (χ2n) is 5.76. The van der Waals surface area contributed by atoms with Crippen LogP contribution < -0.4 is 4.74 Å². The molecule has 0 spiro atoms. The predicted molar refractivity (Wildman–Crippen MR) is 83.9 cm³/mol. The highest BCUT2D eigenvalue weighted by Gasteiger charge is 2.27. The lowest BCUT2D eigenvalue weighted by atomic mass is 10.1. The Morgan fingerprint density at radius 3 is 2.70 bits per heavy atom. The zero-order chi connectivity index (χ0) is 16.2. The molecule has 0 bridgehead atoms. The number of ether oxygens (including phenoxy) is 1. The SMILES string of the molecule is O=C(O)C1CCN(Cc2cccc(Oc3ccc(F)cc3)c2)C1. The van der Waals surface area contributed by atoms with E-state index in [4.69, 9.17) is 9.84 Å². The van der Waals surface area contributed by atoms with Gasteiger partial charge in [-0.3, -0.25) is 9.69 Å².